The Bertz CT molecular complexity index is 1750. The SMILES string of the molecule is COc1ccc(S(=O)(=O)N(CC(=O)N(Cc2ccc(Br)cc2)C(Cc2ccccc2)C(=O)NC2CCCC2)c2ccc(F)cc2)cc1. The summed E-state index contributed by atoms with van der Waals surface area (Å²) in [7, 11) is -2.85. The van der Waals surface area contributed by atoms with Gasteiger partial charge in [0.05, 0.1) is 17.7 Å². The van der Waals surface area contributed by atoms with Gasteiger partial charge in [-0.15, -0.1) is 0 Å². The third-order valence-electron chi connectivity index (χ3n) is 8.28. The summed E-state index contributed by atoms with van der Waals surface area (Å²) in [5.74, 6) is -0.967. The Morgan fingerprint density at radius 1 is 0.894 bits per heavy atom. The minimum absolute atomic E-state index is 0.0107. The fourth-order valence-corrected chi connectivity index (χ4v) is 7.40. The molecule has 11 heteroatoms. The molecule has 4 aromatic rings. The monoisotopic (exact) mass is 721 g/mol. The number of methoxy groups -OCH3 is 1. The maximum atomic E-state index is 14.6. The highest BCUT2D eigenvalue weighted by Gasteiger charge is 2.35. The lowest BCUT2D eigenvalue weighted by Gasteiger charge is -2.34. The van der Waals surface area contributed by atoms with Crippen LogP contribution in [0.4, 0.5) is 10.1 Å². The van der Waals surface area contributed by atoms with E-state index >= 15 is 0 Å². The van der Waals surface area contributed by atoms with Crippen LogP contribution in [0, 0.1) is 5.82 Å². The Balaban J connectivity index is 1.55. The minimum atomic E-state index is -4.32. The first-order chi connectivity index (χ1) is 22.6. The molecule has 2 amide bonds. The van der Waals surface area contributed by atoms with Crippen molar-refractivity contribution < 1.29 is 27.1 Å². The summed E-state index contributed by atoms with van der Waals surface area (Å²) in [5, 5.41) is 3.16. The highest BCUT2D eigenvalue weighted by molar-refractivity contribution is 9.10. The number of hydrogen-bond donors (Lipinski definition) is 1. The number of hydrogen-bond acceptors (Lipinski definition) is 5. The summed E-state index contributed by atoms with van der Waals surface area (Å²) in [5.41, 5.74) is 1.72. The molecule has 8 nitrogen and oxygen atoms in total. The number of anilines is 1. The number of nitrogens with zero attached hydrogens (tertiary/aromatic N) is 2. The number of rotatable bonds is 13. The van der Waals surface area contributed by atoms with Gasteiger partial charge in [0.25, 0.3) is 10.0 Å². The van der Waals surface area contributed by atoms with Crippen LogP contribution in [0.2, 0.25) is 0 Å². The topological polar surface area (TPSA) is 96.0 Å². The molecule has 1 fully saturated rings. The molecule has 1 aliphatic carbocycles. The van der Waals surface area contributed by atoms with Gasteiger partial charge < -0.3 is 15.0 Å². The molecule has 246 valence electrons. The van der Waals surface area contributed by atoms with E-state index in [1.165, 1.54) is 48.4 Å². The summed E-state index contributed by atoms with van der Waals surface area (Å²) >= 11 is 3.45. The molecular formula is C36H37BrFN3O5S. The van der Waals surface area contributed by atoms with Crippen LogP contribution in [0.5, 0.6) is 5.75 Å². The largest absolute Gasteiger partial charge is 0.497 e. The predicted octanol–water partition coefficient (Wildman–Crippen LogP) is 6.49. The molecule has 0 spiro atoms. The van der Waals surface area contributed by atoms with Gasteiger partial charge in [-0.25, -0.2) is 12.8 Å². The van der Waals surface area contributed by atoms with Crippen LogP contribution in [-0.2, 0) is 32.6 Å². The molecule has 4 aromatic carbocycles. The van der Waals surface area contributed by atoms with E-state index in [1.54, 1.807) is 0 Å². The van der Waals surface area contributed by atoms with Crippen molar-refractivity contribution in [1.82, 2.24) is 10.2 Å². The van der Waals surface area contributed by atoms with Crippen LogP contribution in [0.1, 0.15) is 36.8 Å². The Kier molecular flexibility index (Phi) is 11.3. The zero-order valence-corrected chi connectivity index (χ0v) is 28.4. The molecule has 0 saturated heterocycles. The van der Waals surface area contributed by atoms with Gasteiger partial charge in [0.1, 0.15) is 24.2 Å². The van der Waals surface area contributed by atoms with E-state index in [9.17, 15) is 22.4 Å². The highest BCUT2D eigenvalue weighted by atomic mass is 79.9. The third-order valence-corrected chi connectivity index (χ3v) is 10.6. The lowest BCUT2D eigenvalue weighted by molar-refractivity contribution is -0.140. The Morgan fingerprint density at radius 2 is 1.53 bits per heavy atom. The zero-order valence-electron chi connectivity index (χ0n) is 26.0. The predicted molar refractivity (Wildman–Crippen MR) is 183 cm³/mol. The van der Waals surface area contributed by atoms with Gasteiger partial charge in [-0.1, -0.05) is 71.2 Å². The number of ether oxygens (including phenoxy) is 1. The molecule has 0 heterocycles. The van der Waals surface area contributed by atoms with E-state index in [-0.39, 0.29) is 35.5 Å². The molecule has 1 saturated carbocycles. The first-order valence-electron chi connectivity index (χ1n) is 15.4. The number of sulfonamides is 1. The number of carbonyl (C=O) groups excluding carboxylic acids is 2. The van der Waals surface area contributed by atoms with E-state index in [4.69, 9.17) is 4.74 Å². The smallest absolute Gasteiger partial charge is 0.264 e. The molecule has 0 radical (unpaired) electrons. The highest BCUT2D eigenvalue weighted by Crippen LogP contribution is 2.27. The standard InChI is InChI=1S/C36H37BrFN3O5S/c1-46-32-19-21-33(22-20-32)47(44,45)41(31-17-15-29(38)16-18-31)25-35(42)40(24-27-11-13-28(37)14-12-27)34(23-26-7-3-2-4-8-26)36(43)39-30-9-5-6-10-30/h2-4,7-8,11-22,30,34H,5-6,9-10,23-25H2,1H3,(H,39,43). The van der Waals surface area contributed by atoms with Gasteiger partial charge in [-0.05, 0) is 84.6 Å². The Labute approximate surface area is 283 Å². The molecule has 1 aliphatic rings. The summed E-state index contributed by atoms with van der Waals surface area (Å²) < 4.78 is 49.2. The number of halogens is 2. The fourth-order valence-electron chi connectivity index (χ4n) is 5.72. The van der Waals surface area contributed by atoms with Gasteiger partial charge in [0.15, 0.2) is 0 Å². The van der Waals surface area contributed by atoms with Crippen LogP contribution in [0.25, 0.3) is 0 Å². The normalized spacial score (nSPS) is 13.9. The van der Waals surface area contributed by atoms with Crippen molar-refractivity contribution in [2.24, 2.45) is 0 Å². The van der Waals surface area contributed by atoms with Gasteiger partial charge >= 0.3 is 0 Å². The molecule has 0 bridgehead atoms. The van der Waals surface area contributed by atoms with E-state index in [0.717, 1.165) is 57.7 Å². The van der Waals surface area contributed by atoms with E-state index in [1.807, 2.05) is 54.6 Å². The minimum Gasteiger partial charge on any atom is -0.497 e. The van der Waals surface area contributed by atoms with Gasteiger partial charge in [-0.3, -0.25) is 13.9 Å². The molecule has 47 heavy (non-hydrogen) atoms. The molecule has 1 N–H and O–H groups in total. The van der Waals surface area contributed by atoms with Crippen LogP contribution < -0.4 is 14.4 Å². The maximum Gasteiger partial charge on any atom is 0.264 e. The number of carbonyl (C=O) groups is 2. The summed E-state index contributed by atoms with van der Waals surface area (Å²) in [6.07, 6.45) is 3.99. The Hall–Kier alpha value is -4.22. The van der Waals surface area contributed by atoms with Crippen LogP contribution in [-0.4, -0.2) is 50.9 Å². The van der Waals surface area contributed by atoms with Crippen molar-refractivity contribution in [2.75, 3.05) is 18.0 Å². The van der Waals surface area contributed by atoms with Crippen molar-refractivity contribution in [3.63, 3.8) is 0 Å². The molecule has 0 aliphatic heterocycles. The average Bonchev–Trinajstić information content (AvgIpc) is 3.60. The second-order valence-electron chi connectivity index (χ2n) is 11.5. The summed E-state index contributed by atoms with van der Waals surface area (Å²) in [4.78, 5) is 30.0. The van der Waals surface area contributed by atoms with Crippen molar-refractivity contribution >= 4 is 43.5 Å². The van der Waals surface area contributed by atoms with Crippen LogP contribution >= 0.6 is 15.9 Å². The lowest BCUT2D eigenvalue weighted by atomic mass is 10.0. The second-order valence-corrected chi connectivity index (χ2v) is 14.3. The van der Waals surface area contributed by atoms with Crippen molar-refractivity contribution in [3.05, 3.63) is 125 Å². The summed E-state index contributed by atoms with van der Waals surface area (Å²) in [6.45, 7) is -0.569. The zero-order chi connectivity index (χ0) is 33.4. The molecule has 0 aromatic heterocycles. The van der Waals surface area contributed by atoms with E-state index in [0.29, 0.717) is 5.75 Å². The van der Waals surface area contributed by atoms with Crippen LogP contribution in [0.3, 0.4) is 0 Å². The van der Waals surface area contributed by atoms with Gasteiger partial charge in [-0.2, -0.15) is 0 Å². The number of benzene rings is 4. The quantitative estimate of drug-likeness (QED) is 0.170. The lowest BCUT2D eigenvalue weighted by Crippen LogP contribution is -2.54. The van der Waals surface area contributed by atoms with E-state index < -0.39 is 34.3 Å². The van der Waals surface area contributed by atoms with Crippen LogP contribution in [0.15, 0.2) is 112 Å². The number of nitrogens with one attached hydrogen (secondary N) is 1. The van der Waals surface area contributed by atoms with Crippen molar-refractivity contribution in [2.45, 2.75) is 55.6 Å². The maximum absolute atomic E-state index is 14.6. The molecule has 1 atom stereocenters. The van der Waals surface area contributed by atoms with Crippen molar-refractivity contribution in [1.29, 1.82) is 0 Å². The second kappa shape index (κ2) is 15.6. The fraction of sp³-hybridized carbons (Fsp3) is 0.278. The van der Waals surface area contributed by atoms with E-state index in [2.05, 4.69) is 21.2 Å². The first-order valence-corrected chi connectivity index (χ1v) is 17.7. The molecule has 1 unspecified atom stereocenters. The Morgan fingerprint density at radius 3 is 2.15 bits per heavy atom. The molecule has 5 rings (SSSR count). The van der Waals surface area contributed by atoms with Gasteiger partial charge in [0, 0.05) is 23.5 Å². The average molecular weight is 723 g/mol. The van der Waals surface area contributed by atoms with Gasteiger partial charge in [0.2, 0.25) is 11.8 Å². The molecular weight excluding hydrogens is 685 g/mol. The first kappa shape index (κ1) is 34.1. The van der Waals surface area contributed by atoms with Crippen molar-refractivity contribution in [3.8, 4) is 5.75 Å². The number of amides is 2. The third kappa shape index (κ3) is 8.78. The summed E-state index contributed by atoms with van der Waals surface area (Å²) in [6, 6.07) is 26.6.